The molecule has 0 bridgehead atoms. The maximum Gasteiger partial charge on any atom is 0.238 e. The second kappa shape index (κ2) is 14.1. The van der Waals surface area contributed by atoms with Gasteiger partial charge in [-0.25, -0.2) is 4.39 Å². The molecule has 0 unspecified atom stereocenters. The van der Waals surface area contributed by atoms with E-state index in [-0.39, 0.29) is 37.0 Å². The van der Waals surface area contributed by atoms with Crippen LogP contribution in [0.3, 0.4) is 0 Å². The smallest absolute Gasteiger partial charge is 0.238 e. The zero-order valence-corrected chi connectivity index (χ0v) is 25.3. The predicted octanol–water partition coefficient (Wildman–Crippen LogP) is 7.93. The fourth-order valence-electron chi connectivity index (χ4n) is 5.52. The molecule has 3 aromatic carbocycles. The number of hydrogen-bond donors (Lipinski definition) is 1. The van der Waals surface area contributed by atoms with E-state index in [9.17, 15) is 4.79 Å². The van der Waals surface area contributed by atoms with Gasteiger partial charge in [-0.1, -0.05) is 57.8 Å². The number of carbonyl (C=O) groups excluding carboxylic acids is 1. The Hall–Kier alpha value is -3.29. The van der Waals surface area contributed by atoms with Crippen LogP contribution in [0.1, 0.15) is 74.8 Å². The zero-order valence-electron chi connectivity index (χ0n) is 24.6. The van der Waals surface area contributed by atoms with Crippen LogP contribution < -0.4 is 19.5 Å². The van der Waals surface area contributed by atoms with Crippen LogP contribution in [0.25, 0.3) is 0 Å². The maximum absolute atomic E-state index is 15.2. The van der Waals surface area contributed by atoms with E-state index in [1.807, 2.05) is 44.2 Å². The van der Waals surface area contributed by atoms with E-state index < -0.39 is 0 Å². The minimum absolute atomic E-state index is 0.0942. The molecule has 220 valence electrons. The van der Waals surface area contributed by atoms with Crippen molar-refractivity contribution in [2.24, 2.45) is 0 Å². The Morgan fingerprint density at radius 1 is 1.02 bits per heavy atom. The van der Waals surface area contributed by atoms with Crippen molar-refractivity contribution in [3.05, 3.63) is 81.6 Å². The summed E-state index contributed by atoms with van der Waals surface area (Å²) in [7, 11) is 1.52. The van der Waals surface area contributed by atoms with Crippen molar-refractivity contribution in [1.29, 1.82) is 0 Å². The monoisotopic (exact) mass is 582 g/mol. The third-order valence-electron chi connectivity index (χ3n) is 7.48. The number of halogens is 2. The Labute approximate surface area is 247 Å². The second-order valence-corrected chi connectivity index (χ2v) is 10.9. The lowest BCUT2D eigenvalue weighted by Gasteiger charge is -2.25. The molecule has 6 nitrogen and oxygen atoms in total. The van der Waals surface area contributed by atoms with Gasteiger partial charge in [-0.2, -0.15) is 0 Å². The van der Waals surface area contributed by atoms with E-state index in [4.69, 9.17) is 25.8 Å². The van der Waals surface area contributed by atoms with Crippen LogP contribution in [0.4, 0.5) is 10.1 Å². The number of fused-ring (bicyclic) bond motifs is 1. The number of nitrogens with zero attached hydrogens (tertiary/aromatic N) is 1. The van der Waals surface area contributed by atoms with Crippen molar-refractivity contribution in [2.75, 3.05) is 32.3 Å². The number of ether oxygens (including phenoxy) is 3. The summed E-state index contributed by atoms with van der Waals surface area (Å²) in [6.45, 7) is 9.27. The van der Waals surface area contributed by atoms with E-state index >= 15 is 4.39 Å². The topological polar surface area (TPSA) is 60.0 Å². The van der Waals surface area contributed by atoms with Crippen molar-refractivity contribution in [3.63, 3.8) is 0 Å². The molecule has 0 aliphatic carbocycles. The van der Waals surface area contributed by atoms with Crippen LogP contribution in [0.2, 0.25) is 5.02 Å². The number of methoxy groups -OCH3 is 1. The fourth-order valence-corrected chi connectivity index (χ4v) is 5.79. The average molecular weight is 583 g/mol. The van der Waals surface area contributed by atoms with Gasteiger partial charge in [0.2, 0.25) is 12.7 Å². The molecular weight excluding hydrogens is 543 g/mol. The number of rotatable bonds is 8. The van der Waals surface area contributed by atoms with Gasteiger partial charge in [-0.15, -0.1) is 0 Å². The molecule has 1 fully saturated rings. The number of likely N-dealkylation sites (tertiary alicyclic amines) is 1. The summed E-state index contributed by atoms with van der Waals surface area (Å²) >= 11 is 6.30. The molecule has 8 heteroatoms. The molecule has 41 heavy (non-hydrogen) atoms. The lowest BCUT2D eigenvalue weighted by molar-refractivity contribution is -0.117. The molecule has 2 heterocycles. The second-order valence-electron chi connectivity index (χ2n) is 10.4. The van der Waals surface area contributed by atoms with Gasteiger partial charge in [0.05, 0.1) is 13.7 Å². The van der Waals surface area contributed by atoms with Gasteiger partial charge in [0.25, 0.3) is 0 Å². The molecule has 0 saturated carbocycles. The summed E-state index contributed by atoms with van der Waals surface area (Å²) in [6.07, 6.45) is 3.41. The van der Waals surface area contributed by atoms with Gasteiger partial charge in [-0.05, 0) is 72.2 Å². The first-order valence-electron chi connectivity index (χ1n) is 14.4. The summed E-state index contributed by atoms with van der Waals surface area (Å²) in [4.78, 5) is 15.5. The quantitative estimate of drug-likeness (QED) is 0.292. The Morgan fingerprint density at radius 3 is 2.34 bits per heavy atom. The fraction of sp³-hybridized carbons (Fsp3) is 0.424. The summed E-state index contributed by atoms with van der Waals surface area (Å²) < 4.78 is 31.5. The normalized spacial score (nSPS) is 17.6. The molecule has 1 saturated heterocycles. The SMILES string of the molecule is CCC.CCc1cc(Cl)cc(CC)c1NC(=O)CN1C[C@H](c2ccc3c(c2)OCO3)C[C@@H]1c1ccc(OC)cc1F. The summed E-state index contributed by atoms with van der Waals surface area (Å²) in [5, 5.41) is 3.80. The molecule has 2 aliphatic heterocycles. The van der Waals surface area contributed by atoms with E-state index in [2.05, 4.69) is 24.1 Å². The van der Waals surface area contributed by atoms with Gasteiger partial charge < -0.3 is 19.5 Å². The number of anilines is 1. The molecular formula is C33H40ClFN2O4. The highest BCUT2D eigenvalue weighted by atomic mass is 35.5. The predicted molar refractivity (Wildman–Crippen MR) is 162 cm³/mol. The van der Waals surface area contributed by atoms with Crippen LogP contribution in [-0.4, -0.2) is 37.8 Å². The molecule has 0 aromatic heterocycles. The standard InChI is InChI=1S/C30H32ClFN2O4.C3H8/c1-4-18-10-22(31)11-19(5-2)30(18)33-29(35)16-34-15-21(20-6-9-27-28(13-20)38-17-37-27)12-26(34)24-8-7-23(36-3)14-25(24)32;1-3-2/h6-11,13-14,21,26H,4-5,12,15-17H2,1-3H3,(H,33,35);3H2,1-2H3/t21-,26-;/m1./s1. The largest absolute Gasteiger partial charge is 0.497 e. The van der Waals surface area contributed by atoms with E-state index in [0.29, 0.717) is 35.1 Å². The minimum atomic E-state index is -0.342. The van der Waals surface area contributed by atoms with Crippen LogP contribution in [0.5, 0.6) is 17.2 Å². The number of hydrogen-bond acceptors (Lipinski definition) is 5. The maximum atomic E-state index is 15.2. The molecule has 1 amide bonds. The third kappa shape index (κ3) is 7.14. The summed E-state index contributed by atoms with van der Waals surface area (Å²) in [6, 6.07) is 14.4. The van der Waals surface area contributed by atoms with Crippen molar-refractivity contribution in [2.45, 2.75) is 65.3 Å². The molecule has 0 radical (unpaired) electrons. The average Bonchev–Trinajstić information content (AvgIpc) is 3.60. The Balaban J connectivity index is 0.00000124. The first kappa shape index (κ1) is 30.7. The van der Waals surface area contributed by atoms with Gasteiger partial charge in [0, 0.05) is 34.9 Å². The van der Waals surface area contributed by atoms with Crippen LogP contribution in [0, 0.1) is 5.82 Å². The number of carbonyl (C=O) groups is 1. The summed E-state index contributed by atoms with van der Waals surface area (Å²) in [5.74, 6) is 1.52. The van der Waals surface area contributed by atoms with Gasteiger partial charge >= 0.3 is 0 Å². The van der Waals surface area contributed by atoms with Crippen molar-refractivity contribution < 1.29 is 23.4 Å². The van der Waals surface area contributed by atoms with Crippen LogP contribution in [0.15, 0.2) is 48.5 Å². The Morgan fingerprint density at radius 2 is 1.71 bits per heavy atom. The third-order valence-corrected chi connectivity index (χ3v) is 7.70. The van der Waals surface area contributed by atoms with Gasteiger partial charge in [0.15, 0.2) is 11.5 Å². The highest BCUT2D eigenvalue weighted by Gasteiger charge is 2.37. The lowest BCUT2D eigenvalue weighted by Crippen LogP contribution is -2.34. The Kier molecular flexibility index (Phi) is 10.5. The molecule has 2 aliphatic rings. The van der Waals surface area contributed by atoms with Crippen molar-refractivity contribution >= 4 is 23.2 Å². The lowest BCUT2D eigenvalue weighted by atomic mass is 9.93. The zero-order chi connectivity index (χ0) is 29.5. The highest BCUT2D eigenvalue weighted by molar-refractivity contribution is 6.30. The number of aryl methyl sites for hydroxylation is 2. The van der Waals surface area contributed by atoms with E-state index in [1.165, 1.54) is 19.6 Å². The molecule has 5 rings (SSSR count). The minimum Gasteiger partial charge on any atom is -0.497 e. The molecule has 0 spiro atoms. The van der Waals surface area contributed by atoms with Gasteiger partial charge in [0.1, 0.15) is 11.6 Å². The molecule has 1 N–H and O–H groups in total. The summed E-state index contributed by atoms with van der Waals surface area (Å²) in [5.41, 5.74) is 4.45. The first-order valence-corrected chi connectivity index (χ1v) is 14.8. The van der Waals surface area contributed by atoms with Crippen LogP contribution >= 0.6 is 11.6 Å². The van der Waals surface area contributed by atoms with Crippen LogP contribution in [-0.2, 0) is 17.6 Å². The number of nitrogens with one attached hydrogen (secondary N) is 1. The van der Waals surface area contributed by atoms with E-state index in [0.717, 1.165) is 41.0 Å². The number of amides is 1. The first-order chi connectivity index (χ1) is 19.8. The Bertz CT molecular complexity index is 1340. The highest BCUT2D eigenvalue weighted by Crippen LogP contribution is 2.44. The number of benzene rings is 3. The van der Waals surface area contributed by atoms with Gasteiger partial charge in [-0.3, -0.25) is 9.69 Å². The molecule has 2 atom stereocenters. The molecule has 3 aromatic rings. The van der Waals surface area contributed by atoms with Crippen molar-refractivity contribution in [3.8, 4) is 17.2 Å². The van der Waals surface area contributed by atoms with Crippen molar-refractivity contribution in [1.82, 2.24) is 4.90 Å². The van der Waals surface area contributed by atoms with E-state index in [1.54, 1.807) is 12.1 Å².